The van der Waals surface area contributed by atoms with Gasteiger partial charge in [-0.1, -0.05) is 335 Å². The number of hydrogen-bond acceptors (Lipinski definition) is 10. The second-order valence-corrected chi connectivity index (χ2v) is 24.3. The lowest BCUT2D eigenvalue weighted by atomic mass is 9.98. The van der Waals surface area contributed by atoms with Crippen LogP contribution in [0.2, 0.25) is 0 Å². The first kappa shape index (κ1) is 74.1. The van der Waals surface area contributed by atoms with Crippen molar-refractivity contribution in [3.63, 3.8) is 0 Å². The minimum Gasteiger partial charge on any atom is -0.394 e. The molecule has 1 rings (SSSR count). The SMILES string of the molecule is CCCCCCCCCCCCCCCCCCCCCCCCCCCCCCCC(O)C(=O)NC(COC1OC(CO)C(O)C(O)C1O)C(O)C(O)CCCCCCCCCCCCCCCCCCCCCCC. The molecule has 0 aromatic rings. The van der Waals surface area contributed by atoms with Crippen molar-refractivity contribution in [1.82, 2.24) is 5.32 Å². The molecule has 11 nitrogen and oxygen atoms in total. The van der Waals surface area contributed by atoms with Crippen LogP contribution >= 0.6 is 0 Å². The molecular weight excluding hydrogens is 967 g/mol. The van der Waals surface area contributed by atoms with E-state index in [4.69, 9.17) is 9.47 Å². The highest BCUT2D eigenvalue weighted by Crippen LogP contribution is 2.24. The first-order valence-electron chi connectivity index (χ1n) is 33.9. The lowest BCUT2D eigenvalue weighted by Crippen LogP contribution is -2.60. The smallest absolute Gasteiger partial charge is 0.249 e. The molecule has 9 unspecified atom stereocenters. The molecule has 0 radical (unpaired) electrons. The second kappa shape index (κ2) is 55.6. The molecule has 1 saturated heterocycles. The molecule has 1 aliphatic heterocycles. The van der Waals surface area contributed by atoms with Crippen LogP contribution in [0.4, 0.5) is 0 Å². The van der Waals surface area contributed by atoms with E-state index in [1.165, 1.54) is 270 Å². The van der Waals surface area contributed by atoms with Crippen molar-refractivity contribution in [2.45, 2.75) is 403 Å². The summed E-state index contributed by atoms with van der Waals surface area (Å²) in [5.74, 6) is -0.687. The van der Waals surface area contributed by atoms with Crippen LogP contribution in [0.25, 0.3) is 0 Å². The van der Waals surface area contributed by atoms with Crippen LogP contribution in [0.5, 0.6) is 0 Å². The van der Waals surface area contributed by atoms with Gasteiger partial charge in [-0.05, 0) is 12.8 Å². The zero-order valence-corrected chi connectivity index (χ0v) is 50.7. The molecule has 0 saturated carbocycles. The third-order valence-corrected chi connectivity index (χ3v) is 16.9. The summed E-state index contributed by atoms with van der Waals surface area (Å²) in [6, 6.07) is -1.16. The van der Waals surface area contributed by atoms with Gasteiger partial charge >= 0.3 is 0 Å². The van der Waals surface area contributed by atoms with Gasteiger partial charge in [-0.3, -0.25) is 4.79 Å². The van der Waals surface area contributed by atoms with E-state index in [9.17, 15) is 40.5 Å². The number of aliphatic hydroxyl groups is 7. The number of unbranched alkanes of at least 4 members (excludes halogenated alkanes) is 48. The monoisotopic (exact) mass is 1100 g/mol. The van der Waals surface area contributed by atoms with Crippen molar-refractivity contribution in [3.05, 3.63) is 0 Å². The molecule has 0 aliphatic carbocycles. The molecule has 1 heterocycles. The Kier molecular flexibility index (Phi) is 53.6. The van der Waals surface area contributed by atoms with E-state index in [2.05, 4.69) is 19.2 Å². The Morgan fingerprint density at radius 1 is 0.403 bits per heavy atom. The van der Waals surface area contributed by atoms with Gasteiger partial charge in [-0.25, -0.2) is 0 Å². The van der Waals surface area contributed by atoms with E-state index >= 15 is 0 Å². The summed E-state index contributed by atoms with van der Waals surface area (Å²) in [6.45, 7) is 3.52. The van der Waals surface area contributed by atoms with Crippen LogP contribution in [-0.2, 0) is 14.3 Å². The molecule has 0 spiro atoms. The average Bonchev–Trinajstić information content (AvgIpc) is 3.43. The molecule has 8 N–H and O–H groups in total. The Morgan fingerprint density at radius 2 is 0.675 bits per heavy atom. The Hall–Kier alpha value is -0.890. The molecule has 1 fully saturated rings. The van der Waals surface area contributed by atoms with Crippen LogP contribution in [0.3, 0.4) is 0 Å². The average molecular weight is 1100 g/mol. The fraction of sp³-hybridized carbons (Fsp3) is 0.985. The molecule has 0 aromatic heterocycles. The van der Waals surface area contributed by atoms with Crippen molar-refractivity contribution in [1.29, 1.82) is 0 Å². The molecule has 11 heteroatoms. The Labute approximate surface area is 475 Å². The maximum absolute atomic E-state index is 13.2. The van der Waals surface area contributed by atoms with E-state index in [0.29, 0.717) is 19.3 Å². The van der Waals surface area contributed by atoms with Gasteiger partial charge in [0.15, 0.2) is 6.29 Å². The summed E-state index contributed by atoms with van der Waals surface area (Å²) in [5, 5.41) is 76.5. The molecule has 1 amide bonds. The minimum absolute atomic E-state index is 0.268. The van der Waals surface area contributed by atoms with Crippen molar-refractivity contribution >= 4 is 5.91 Å². The maximum atomic E-state index is 13.2. The van der Waals surface area contributed by atoms with Gasteiger partial charge in [-0.15, -0.1) is 0 Å². The molecule has 0 bridgehead atoms. The summed E-state index contributed by atoms with van der Waals surface area (Å²) < 4.78 is 11.2. The van der Waals surface area contributed by atoms with Gasteiger partial charge in [0.25, 0.3) is 0 Å². The van der Waals surface area contributed by atoms with Crippen molar-refractivity contribution in [2.75, 3.05) is 13.2 Å². The topological polar surface area (TPSA) is 189 Å². The fourth-order valence-corrected chi connectivity index (χ4v) is 11.4. The molecule has 0 aromatic carbocycles. The van der Waals surface area contributed by atoms with E-state index < -0.39 is 74.2 Å². The molecule has 77 heavy (non-hydrogen) atoms. The Bertz CT molecular complexity index is 1210. The highest BCUT2D eigenvalue weighted by Gasteiger charge is 2.44. The van der Waals surface area contributed by atoms with E-state index in [1.807, 2.05) is 0 Å². The lowest BCUT2D eigenvalue weighted by Gasteiger charge is -2.40. The first-order valence-corrected chi connectivity index (χ1v) is 33.9. The zero-order chi connectivity index (χ0) is 56.1. The predicted molar refractivity (Wildman–Crippen MR) is 321 cm³/mol. The summed E-state index contributed by atoms with van der Waals surface area (Å²) in [7, 11) is 0. The number of carbonyl (C=O) groups is 1. The van der Waals surface area contributed by atoms with E-state index in [-0.39, 0.29) is 6.42 Å². The third-order valence-electron chi connectivity index (χ3n) is 16.9. The zero-order valence-electron chi connectivity index (χ0n) is 50.7. The van der Waals surface area contributed by atoms with Crippen LogP contribution in [0, 0.1) is 0 Å². The molecule has 1 aliphatic rings. The van der Waals surface area contributed by atoms with E-state index in [1.54, 1.807) is 0 Å². The fourth-order valence-electron chi connectivity index (χ4n) is 11.4. The molecule has 460 valence electrons. The summed E-state index contributed by atoms with van der Waals surface area (Å²) in [5.41, 5.74) is 0. The number of aliphatic hydroxyl groups excluding tert-OH is 7. The number of carbonyl (C=O) groups excluding carboxylic acids is 1. The largest absolute Gasteiger partial charge is 0.394 e. The maximum Gasteiger partial charge on any atom is 0.249 e. The van der Waals surface area contributed by atoms with Crippen molar-refractivity contribution < 1.29 is 50.0 Å². The normalized spacial score (nSPS) is 19.4. The van der Waals surface area contributed by atoms with Crippen LogP contribution < -0.4 is 5.32 Å². The van der Waals surface area contributed by atoms with Crippen LogP contribution in [-0.4, -0.2) is 110 Å². The second-order valence-electron chi connectivity index (χ2n) is 24.3. The number of amides is 1. The number of hydrogen-bond donors (Lipinski definition) is 8. The molecule has 9 atom stereocenters. The van der Waals surface area contributed by atoms with E-state index in [0.717, 1.165) is 38.5 Å². The van der Waals surface area contributed by atoms with Gasteiger partial charge in [0.05, 0.1) is 25.4 Å². The van der Waals surface area contributed by atoms with Crippen molar-refractivity contribution in [3.8, 4) is 0 Å². The van der Waals surface area contributed by atoms with Gasteiger partial charge in [0.2, 0.25) is 5.91 Å². The lowest BCUT2D eigenvalue weighted by molar-refractivity contribution is -0.303. The van der Waals surface area contributed by atoms with Crippen LogP contribution in [0.15, 0.2) is 0 Å². The molecular formula is C66H131NO10. The van der Waals surface area contributed by atoms with Gasteiger partial charge in [-0.2, -0.15) is 0 Å². The number of rotatable bonds is 60. The van der Waals surface area contributed by atoms with Gasteiger partial charge in [0.1, 0.15) is 36.6 Å². The summed E-state index contributed by atoms with van der Waals surface area (Å²) >= 11 is 0. The first-order chi connectivity index (χ1) is 37.7. The van der Waals surface area contributed by atoms with Crippen LogP contribution in [0.1, 0.15) is 348 Å². The summed E-state index contributed by atoms with van der Waals surface area (Å²) in [4.78, 5) is 13.2. The highest BCUT2D eigenvalue weighted by atomic mass is 16.7. The standard InChI is InChI=1S/C66H131NO10/c1-3-5-7-9-11-13-15-17-19-21-23-25-26-27-28-29-30-31-32-34-36-38-40-42-44-46-48-50-52-54-59(70)65(75)67-57(56-76-66-64(74)63(73)62(72)60(55-68)77-66)61(71)58(69)53-51-49-47-45-43-41-39-37-35-33-24-22-20-18-16-14-12-10-8-6-4-2/h57-64,66,68-74H,3-56H2,1-2H3,(H,67,75). The third kappa shape index (κ3) is 43.5. The predicted octanol–water partition coefficient (Wildman–Crippen LogP) is 15.7. The van der Waals surface area contributed by atoms with Gasteiger partial charge < -0.3 is 50.5 Å². The minimum atomic E-state index is -1.66. The van der Waals surface area contributed by atoms with Gasteiger partial charge in [0, 0.05) is 0 Å². The highest BCUT2D eigenvalue weighted by molar-refractivity contribution is 5.80. The summed E-state index contributed by atoms with van der Waals surface area (Å²) in [6.07, 6.45) is 54.6. The van der Waals surface area contributed by atoms with Crippen molar-refractivity contribution in [2.24, 2.45) is 0 Å². The Balaban J connectivity index is 2.19. The number of nitrogens with one attached hydrogen (secondary N) is 1. The number of ether oxygens (including phenoxy) is 2. The Morgan fingerprint density at radius 3 is 0.961 bits per heavy atom. The quantitative estimate of drug-likeness (QED) is 0.0272.